The van der Waals surface area contributed by atoms with Crippen LogP contribution >= 0.6 is 35.5 Å². The van der Waals surface area contributed by atoms with E-state index in [1.807, 2.05) is 0 Å². The van der Waals surface area contributed by atoms with Crippen molar-refractivity contribution in [1.82, 2.24) is 15.3 Å². The maximum atomic E-state index is 12.4. The number of hydrogen-bond donors (Lipinski definition) is 3. The van der Waals surface area contributed by atoms with Crippen LogP contribution in [0.5, 0.6) is 0 Å². The Labute approximate surface area is 167 Å². The summed E-state index contributed by atoms with van der Waals surface area (Å²) in [5.41, 5.74) is 6.61. The second-order valence-corrected chi connectivity index (χ2v) is 8.39. The summed E-state index contributed by atoms with van der Waals surface area (Å²) >= 11 is 3.28. The summed E-state index contributed by atoms with van der Waals surface area (Å²) < 4.78 is 0. The van der Waals surface area contributed by atoms with Crippen molar-refractivity contribution in [2.75, 3.05) is 18.8 Å². The van der Waals surface area contributed by atoms with Gasteiger partial charge in [-0.1, -0.05) is 0 Å². The van der Waals surface area contributed by atoms with E-state index in [1.54, 1.807) is 23.1 Å². The Morgan fingerprint density at radius 1 is 1.35 bits per heavy atom. The number of halogens is 1. The normalized spacial score (nSPS) is 12.8. The molecule has 0 atom stereocenters. The molecule has 0 fully saturated rings. The minimum absolute atomic E-state index is 0. The van der Waals surface area contributed by atoms with Gasteiger partial charge in [0.25, 0.3) is 5.56 Å². The number of unbranched alkanes of at least 4 members (excludes halogenated alkanes) is 1. The molecule has 0 unspecified atom stereocenters. The Morgan fingerprint density at radius 2 is 2.19 bits per heavy atom. The van der Waals surface area contributed by atoms with Gasteiger partial charge in [-0.05, 0) is 44.2 Å². The van der Waals surface area contributed by atoms with Crippen molar-refractivity contribution in [3.05, 3.63) is 26.6 Å². The van der Waals surface area contributed by atoms with Gasteiger partial charge in [0.15, 0.2) is 0 Å². The highest BCUT2D eigenvalue weighted by Crippen LogP contribution is 2.34. The summed E-state index contributed by atoms with van der Waals surface area (Å²) in [6, 6.07) is 0. The lowest BCUT2D eigenvalue weighted by molar-refractivity contribution is -0.120. The van der Waals surface area contributed by atoms with Gasteiger partial charge < -0.3 is 16.0 Å². The van der Waals surface area contributed by atoms with Crippen molar-refractivity contribution in [2.45, 2.75) is 44.3 Å². The zero-order valence-electron chi connectivity index (χ0n) is 14.6. The first-order valence-corrected chi connectivity index (χ1v) is 10.7. The van der Waals surface area contributed by atoms with E-state index in [4.69, 9.17) is 5.73 Å². The molecule has 2 heterocycles. The van der Waals surface area contributed by atoms with Crippen LogP contribution in [-0.2, 0) is 23.4 Å². The van der Waals surface area contributed by atoms with Crippen LogP contribution in [0.15, 0.2) is 4.79 Å². The van der Waals surface area contributed by atoms with E-state index in [9.17, 15) is 9.59 Å². The van der Waals surface area contributed by atoms with E-state index < -0.39 is 0 Å². The Morgan fingerprint density at radius 3 is 3.00 bits per heavy atom. The standard InChI is InChI=1S/C17H24N4O2S2.ClH/c18-7-1-2-8-19-14(22)6-9-24-10-13-20-16(23)15-11-4-3-5-12(11)25-17(15)21-13;/h1-10,18H2,(H,19,22)(H,20,21,23);1H. The van der Waals surface area contributed by atoms with Crippen molar-refractivity contribution in [3.8, 4) is 0 Å². The summed E-state index contributed by atoms with van der Waals surface area (Å²) in [4.78, 5) is 33.8. The van der Waals surface area contributed by atoms with E-state index in [1.165, 1.54) is 10.4 Å². The third-order valence-electron chi connectivity index (χ3n) is 4.29. The first-order valence-electron chi connectivity index (χ1n) is 8.77. The predicted molar refractivity (Wildman–Crippen MR) is 112 cm³/mol. The number of carbonyl (C=O) groups excluding carboxylic acids is 1. The van der Waals surface area contributed by atoms with Crippen LogP contribution in [0.25, 0.3) is 10.2 Å². The van der Waals surface area contributed by atoms with Crippen LogP contribution in [0, 0.1) is 0 Å². The molecule has 144 valence electrons. The summed E-state index contributed by atoms with van der Waals surface area (Å²) in [5.74, 6) is 2.10. The summed E-state index contributed by atoms with van der Waals surface area (Å²) in [6.45, 7) is 1.35. The Balaban J connectivity index is 0.00000243. The lowest BCUT2D eigenvalue weighted by Crippen LogP contribution is -2.25. The highest BCUT2D eigenvalue weighted by molar-refractivity contribution is 7.98. The third-order valence-corrected chi connectivity index (χ3v) is 6.45. The van der Waals surface area contributed by atoms with Crippen molar-refractivity contribution < 1.29 is 4.79 Å². The molecule has 3 rings (SSSR count). The second-order valence-electron chi connectivity index (χ2n) is 6.20. The molecule has 9 heteroatoms. The topological polar surface area (TPSA) is 101 Å². The zero-order valence-corrected chi connectivity index (χ0v) is 17.1. The lowest BCUT2D eigenvalue weighted by atomic mass is 10.2. The maximum Gasteiger partial charge on any atom is 0.259 e. The smallest absolute Gasteiger partial charge is 0.259 e. The van der Waals surface area contributed by atoms with E-state index in [0.717, 1.165) is 42.3 Å². The SMILES string of the molecule is Cl.NCCCCNC(=O)CCSCc1nc2sc3c(c2c(=O)[nH]1)CCC3. The predicted octanol–water partition coefficient (Wildman–Crippen LogP) is 2.37. The number of thiophene rings is 1. The largest absolute Gasteiger partial charge is 0.356 e. The molecule has 0 radical (unpaired) electrons. The molecular formula is C17H25ClN4O2S2. The first kappa shape index (κ1) is 21.2. The number of aryl methyl sites for hydroxylation is 2. The molecule has 0 aromatic carbocycles. The van der Waals surface area contributed by atoms with E-state index >= 15 is 0 Å². The van der Waals surface area contributed by atoms with Crippen LogP contribution in [0.3, 0.4) is 0 Å². The maximum absolute atomic E-state index is 12.4. The van der Waals surface area contributed by atoms with Gasteiger partial charge in [0, 0.05) is 23.6 Å². The molecule has 0 aliphatic heterocycles. The highest BCUT2D eigenvalue weighted by atomic mass is 35.5. The number of nitrogens with two attached hydrogens (primary N) is 1. The van der Waals surface area contributed by atoms with Crippen molar-refractivity contribution in [2.24, 2.45) is 5.73 Å². The Bertz CT molecular complexity index is 806. The molecular weight excluding hydrogens is 392 g/mol. The number of nitrogens with one attached hydrogen (secondary N) is 2. The number of H-pyrrole nitrogens is 1. The number of amides is 1. The first-order chi connectivity index (χ1) is 12.2. The molecule has 26 heavy (non-hydrogen) atoms. The van der Waals surface area contributed by atoms with Crippen molar-refractivity contribution in [3.63, 3.8) is 0 Å². The van der Waals surface area contributed by atoms with Gasteiger partial charge in [-0.25, -0.2) is 4.98 Å². The third kappa shape index (κ3) is 5.22. The molecule has 0 bridgehead atoms. The van der Waals surface area contributed by atoms with Gasteiger partial charge in [-0.15, -0.1) is 23.7 Å². The minimum atomic E-state index is -0.0161. The quantitative estimate of drug-likeness (QED) is 0.545. The monoisotopic (exact) mass is 416 g/mol. The van der Waals surface area contributed by atoms with Gasteiger partial charge in [0.05, 0.1) is 11.1 Å². The van der Waals surface area contributed by atoms with Gasteiger partial charge in [0.1, 0.15) is 10.7 Å². The fourth-order valence-corrected chi connectivity index (χ4v) is 5.12. The number of fused-ring (bicyclic) bond motifs is 3. The average Bonchev–Trinajstić information content (AvgIpc) is 3.16. The van der Waals surface area contributed by atoms with Gasteiger partial charge in [-0.2, -0.15) is 11.8 Å². The van der Waals surface area contributed by atoms with Crippen LogP contribution in [-0.4, -0.2) is 34.7 Å². The molecule has 6 nitrogen and oxygen atoms in total. The van der Waals surface area contributed by atoms with Crippen LogP contribution in [0.4, 0.5) is 0 Å². The van der Waals surface area contributed by atoms with Gasteiger partial charge in [-0.3, -0.25) is 9.59 Å². The van der Waals surface area contributed by atoms with E-state index in [0.29, 0.717) is 36.8 Å². The van der Waals surface area contributed by atoms with E-state index in [-0.39, 0.29) is 23.9 Å². The highest BCUT2D eigenvalue weighted by Gasteiger charge is 2.20. The number of aromatic nitrogens is 2. The molecule has 1 aliphatic rings. The zero-order chi connectivity index (χ0) is 17.6. The van der Waals surface area contributed by atoms with Gasteiger partial charge >= 0.3 is 0 Å². The molecule has 0 spiro atoms. The molecule has 1 amide bonds. The Hall–Kier alpha value is -1.09. The molecule has 1 aliphatic carbocycles. The fourth-order valence-electron chi connectivity index (χ4n) is 3.03. The number of rotatable bonds is 9. The average molecular weight is 417 g/mol. The minimum Gasteiger partial charge on any atom is -0.356 e. The van der Waals surface area contributed by atoms with Crippen molar-refractivity contribution in [1.29, 1.82) is 0 Å². The number of nitrogens with zero attached hydrogens (tertiary/aromatic N) is 1. The number of carbonyl (C=O) groups is 1. The van der Waals surface area contributed by atoms with Crippen LogP contribution in [0.1, 0.15) is 41.9 Å². The molecule has 2 aromatic heterocycles. The van der Waals surface area contributed by atoms with Crippen LogP contribution in [0.2, 0.25) is 0 Å². The number of thioether (sulfide) groups is 1. The van der Waals surface area contributed by atoms with Gasteiger partial charge in [0.2, 0.25) is 5.91 Å². The molecule has 0 saturated carbocycles. The molecule has 4 N–H and O–H groups in total. The summed E-state index contributed by atoms with van der Waals surface area (Å²) in [5, 5.41) is 3.69. The fraction of sp³-hybridized carbons (Fsp3) is 0.588. The molecule has 0 saturated heterocycles. The molecule has 2 aromatic rings. The lowest BCUT2D eigenvalue weighted by Gasteiger charge is -2.05. The van der Waals surface area contributed by atoms with E-state index in [2.05, 4.69) is 15.3 Å². The Kier molecular flexibility index (Phi) is 8.40. The summed E-state index contributed by atoms with van der Waals surface area (Å²) in [6.07, 6.45) is 5.54. The second kappa shape index (κ2) is 10.3. The number of hydrogen-bond acceptors (Lipinski definition) is 6. The number of aromatic amines is 1. The summed E-state index contributed by atoms with van der Waals surface area (Å²) in [7, 11) is 0. The van der Waals surface area contributed by atoms with Crippen molar-refractivity contribution >= 4 is 51.6 Å². The van der Waals surface area contributed by atoms with Crippen LogP contribution < -0.4 is 16.6 Å².